The van der Waals surface area contributed by atoms with Crippen LogP contribution < -0.4 is 5.32 Å². The van der Waals surface area contributed by atoms with Crippen molar-refractivity contribution < 1.29 is 4.79 Å². The van der Waals surface area contributed by atoms with Gasteiger partial charge in [0.1, 0.15) is 0 Å². The molecule has 3 rings (SSSR count). The predicted octanol–water partition coefficient (Wildman–Crippen LogP) is 3.27. The first-order valence-corrected chi connectivity index (χ1v) is 8.42. The molecule has 0 saturated carbocycles. The highest BCUT2D eigenvalue weighted by Crippen LogP contribution is 2.19. The van der Waals surface area contributed by atoms with Gasteiger partial charge in [-0.3, -0.25) is 4.79 Å². The maximum absolute atomic E-state index is 12.4. The van der Waals surface area contributed by atoms with Gasteiger partial charge >= 0.3 is 0 Å². The van der Waals surface area contributed by atoms with Crippen molar-refractivity contribution in [1.82, 2.24) is 20.1 Å². The summed E-state index contributed by atoms with van der Waals surface area (Å²) < 4.78 is 1.84. The van der Waals surface area contributed by atoms with E-state index >= 15 is 0 Å². The van der Waals surface area contributed by atoms with Gasteiger partial charge in [0.15, 0.2) is 5.65 Å². The van der Waals surface area contributed by atoms with Gasteiger partial charge in [0.05, 0.1) is 23.7 Å². The number of hydrogen-bond donors (Lipinski definition) is 1. The van der Waals surface area contributed by atoms with E-state index in [4.69, 9.17) is 0 Å². The van der Waals surface area contributed by atoms with Crippen LogP contribution in [0.5, 0.6) is 0 Å². The summed E-state index contributed by atoms with van der Waals surface area (Å²) in [7, 11) is 0. The zero-order chi connectivity index (χ0) is 17.8. The lowest BCUT2D eigenvalue weighted by Crippen LogP contribution is -2.23. The van der Waals surface area contributed by atoms with E-state index in [0.717, 1.165) is 28.7 Å². The molecule has 1 amide bonds. The molecular weight excluding hydrogens is 312 g/mol. The standard InChI is InChI=1S/C20H22N4O/c1-4-10-21-20(25)17-11-14(3)23-19-18(17)12-22-24(19)13-16-8-6-15(5-2)7-9-16/h4,6-9,11-12H,1,5,10,13H2,2-3H3,(H,21,25). The Morgan fingerprint density at radius 3 is 2.68 bits per heavy atom. The molecule has 128 valence electrons. The van der Waals surface area contributed by atoms with Crippen molar-refractivity contribution in [3.05, 3.63) is 71.6 Å². The molecule has 0 fully saturated rings. The van der Waals surface area contributed by atoms with Crippen molar-refractivity contribution in [3.63, 3.8) is 0 Å². The number of carbonyl (C=O) groups excluding carboxylic acids is 1. The molecule has 0 saturated heterocycles. The molecule has 0 radical (unpaired) electrons. The van der Waals surface area contributed by atoms with Crippen LogP contribution in [0.2, 0.25) is 0 Å². The van der Waals surface area contributed by atoms with E-state index < -0.39 is 0 Å². The van der Waals surface area contributed by atoms with Gasteiger partial charge in [-0.25, -0.2) is 9.67 Å². The first kappa shape index (κ1) is 16.9. The smallest absolute Gasteiger partial charge is 0.252 e. The molecule has 5 nitrogen and oxygen atoms in total. The van der Waals surface area contributed by atoms with Crippen molar-refractivity contribution in [1.29, 1.82) is 0 Å². The van der Waals surface area contributed by atoms with Crippen molar-refractivity contribution >= 4 is 16.9 Å². The molecular formula is C20H22N4O. The van der Waals surface area contributed by atoms with Crippen molar-refractivity contribution in [2.24, 2.45) is 0 Å². The normalized spacial score (nSPS) is 10.8. The van der Waals surface area contributed by atoms with Crippen LogP contribution in [0.1, 0.15) is 34.1 Å². The lowest BCUT2D eigenvalue weighted by Gasteiger charge is -2.07. The minimum Gasteiger partial charge on any atom is -0.349 e. The van der Waals surface area contributed by atoms with Crippen LogP contribution in [-0.4, -0.2) is 27.2 Å². The number of aryl methyl sites for hydroxylation is 2. The summed E-state index contributed by atoms with van der Waals surface area (Å²) in [5.41, 5.74) is 4.58. The zero-order valence-electron chi connectivity index (χ0n) is 14.6. The van der Waals surface area contributed by atoms with E-state index in [2.05, 4.69) is 53.2 Å². The van der Waals surface area contributed by atoms with Crippen molar-refractivity contribution in [2.45, 2.75) is 26.8 Å². The first-order chi connectivity index (χ1) is 12.1. The Morgan fingerprint density at radius 1 is 1.28 bits per heavy atom. The van der Waals surface area contributed by atoms with Gasteiger partial charge < -0.3 is 5.32 Å². The molecule has 2 heterocycles. The third kappa shape index (κ3) is 3.60. The second kappa shape index (κ2) is 7.30. The van der Waals surface area contributed by atoms with Gasteiger partial charge in [-0.15, -0.1) is 6.58 Å². The fourth-order valence-corrected chi connectivity index (χ4v) is 2.79. The van der Waals surface area contributed by atoms with Crippen LogP contribution in [0.25, 0.3) is 11.0 Å². The van der Waals surface area contributed by atoms with Crippen LogP contribution in [0, 0.1) is 6.92 Å². The third-order valence-electron chi connectivity index (χ3n) is 4.15. The summed E-state index contributed by atoms with van der Waals surface area (Å²) in [6, 6.07) is 10.3. The summed E-state index contributed by atoms with van der Waals surface area (Å²) >= 11 is 0. The SMILES string of the molecule is C=CCNC(=O)c1cc(C)nc2c1cnn2Cc1ccc(CC)cc1. The van der Waals surface area contributed by atoms with Crippen LogP contribution in [0.15, 0.2) is 49.2 Å². The van der Waals surface area contributed by atoms with E-state index in [1.165, 1.54) is 5.56 Å². The molecule has 5 heteroatoms. The maximum Gasteiger partial charge on any atom is 0.252 e. The Bertz CT molecular complexity index is 909. The molecule has 0 aliphatic heterocycles. The number of amides is 1. The zero-order valence-corrected chi connectivity index (χ0v) is 14.6. The van der Waals surface area contributed by atoms with Crippen LogP contribution in [-0.2, 0) is 13.0 Å². The summed E-state index contributed by atoms with van der Waals surface area (Å²) in [4.78, 5) is 17.0. The third-order valence-corrected chi connectivity index (χ3v) is 4.15. The number of nitrogens with zero attached hydrogens (tertiary/aromatic N) is 3. The quantitative estimate of drug-likeness (QED) is 0.704. The Balaban J connectivity index is 1.95. The average Bonchev–Trinajstić information content (AvgIpc) is 3.02. The number of pyridine rings is 1. The molecule has 0 atom stereocenters. The summed E-state index contributed by atoms with van der Waals surface area (Å²) in [5.74, 6) is -0.137. The van der Waals surface area contributed by atoms with E-state index in [9.17, 15) is 4.79 Å². The minimum absolute atomic E-state index is 0.137. The Morgan fingerprint density at radius 2 is 2.00 bits per heavy atom. The lowest BCUT2D eigenvalue weighted by atomic mass is 10.1. The highest BCUT2D eigenvalue weighted by atomic mass is 16.1. The van der Waals surface area contributed by atoms with Gasteiger partial charge in [-0.05, 0) is 30.5 Å². The Hall–Kier alpha value is -2.95. The van der Waals surface area contributed by atoms with E-state index in [1.807, 2.05) is 11.6 Å². The van der Waals surface area contributed by atoms with E-state index in [0.29, 0.717) is 18.7 Å². The van der Waals surface area contributed by atoms with Gasteiger partial charge in [-0.2, -0.15) is 5.10 Å². The second-order valence-corrected chi connectivity index (χ2v) is 6.02. The molecule has 0 aliphatic carbocycles. The maximum atomic E-state index is 12.4. The molecule has 1 aromatic carbocycles. The summed E-state index contributed by atoms with van der Waals surface area (Å²) in [6.07, 6.45) is 4.40. The van der Waals surface area contributed by atoms with Gasteiger partial charge in [0.25, 0.3) is 5.91 Å². The Kier molecular flexibility index (Phi) is 4.93. The van der Waals surface area contributed by atoms with Crippen LogP contribution >= 0.6 is 0 Å². The number of hydrogen-bond acceptors (Lipinski definition) is 3. The molecule has 0 spiro atoms. The first-order valence-electron chi connectivity index (χ1n) is 8.42. The molecule has 0 aliphatic rings. The highest BCUT2D eigenvalue weighted by molar-refractivity contribution is 6.05. The molecule has 2 aromatic heterocycles. The second-order valence-electron chi connectivity index (χ2n) is 6.02. The highest BCUT2D eigenvalue weighted by Gasteiger charge is 2.15. The van der Waals surface area contributed by atoms with E-state index in [-0.39, 0.29) is 5.91 Å². The monoisotopic (exact) mass is 334 g/mol. The number of rotatable bonds is 6. The molecule has 25 heavy (non-hydrogen) atoms. The van der Waals surface area contributed by atoms with Gasteiger partial charge in [0, 0.05) is 12.2 Å². The van der Waals surface area contributed by atoms with Gasteiger partial charge in [-0.1, -0.05) is 37.3 Å². The topological polar surface area (TPSA) is 59.8 Å². The fraction of sp³-hybridized carbons (Fsp3) is 0.250. The molecule has 0 unspecified atom stereocenters. The largest absolute Gasteiger partial charge is 0.349 e. The molecule has 0 bridgehead atoms. The minimum atomic E-state index is -0.137. The Labute approximate surface area is 147 Å². The number of fused-ring (bicyclic) bond motifs is 1. The summed E-state index contributed by atoms with van der Waals surface area (Å²) in [5, 5.41) is 8.03. The number of carbonyl (C=O) groups is 1. The van der Waals surface area contributed by atoms with Crippen molar-refractivity contribution in [2.75, 3.05) is 6.54 Å². The number of benzene rings is 1. The van der Waals surface area contributed by atoms with Crippen LogP contribution in [0.4, 0.5) is 0 Å². The van der Waals surface area contributed by atoms with E-state index in [1.54, 1.807) is 18.3 Å². The van der Waals surface area contributed by atoms with Crippen molar-refractivity contribution in [3.8, 4) is 0 Å². The fourth-order valence-electron chi connectivity index (χ4n) is 2.79. The van der Waals surface area contributed by atoms with Gasteiger partial charge in [0.2, 0.25) is 0 Å². The summed E-state index contributed by atoms with van der Waals surface area (Å²) in [6.45, 7) is 8.71. The number of nitrogens with one attached hydrogen (secondary N) is 1. The van der Waals surface area contributed by atoms with Crippen LogP contribution in [0.3, 0.4) is 0 Å². The lowest BCUT2D eigenvalue weighted by molar-refractivity contribution is 0.0959. The number of aromatic nitrogens is 3. The molecule has 1 N–H and O–H groups in total. The predicted molar refractivity (Wildman–Crippen MR) is 99.7 cm³/mol. The average molecular weight is 334 g/mol. The molecule has 3 aromatic rings.